The standard InChI is InChI=1S/C29H24ClF3N6O2/c30-24-16-21(4-5-25(24)41-22-3-1-2-20(15-22)29(31,32)33)39-27-23-14-19(9-13-35-26(23)37-17-38-27)28(40)36-12-8-18-6-10-34-11-7-18/h1-7,10-11,14-17H,8-9,12-13H2,(H,36,40)(H2,35,37,38,39). The molecule has 0 fully saturated rings. The smallest absolute Gasteiger partial charge is 0.416 e. The number of amides is 1. The first kappa shape index (κ1) is 27.9. The zero-order chi connectivity index (χ0) is 28.8. The van der Waals surface area contributed by atoms with E-state index in [0.29, 0.717) is 54.4 Å². The third kappa shape index (κ3) is 7.12. The average molecular weight is 581 g/mol. The van der Waals surface area contributed by atoms with Crippen molar-refractivity contribution >= 4 is 40.9 Å². The fourth-order valence-corrected chi connectivity index (χ4v) is 4.38. The van der Waals surface area contributed by atoms with Crippen LogP contribution in [0.3, 0.4) is 0 Å². The van der Waals surface area contributed by atoms with Crippen LogP contribution >= 0.6 is 11.6 Å². The van der Waals surface area contributed by atoms with Crippen LogP contribution < -0.4 is 20.7 Å². The summed E-state index contributed by atoms with van der Waals surface area (Å²) in [6.45, 7) is 0.991. The molecule has 2 aromatic carbocycles. The number of anilines is 3. The molecule has 2 aromatic heterocycles. The van der Waals surface area contributed by atoms with Crippen molar-refractivity contribution in [2.75, 3.05) is 23.7 Å². The quantitative estimate of drug-likeness (QED) is 0.215. The van der Waals surface area contributed by atoms with Gasteiger partial charge in [0.25, 0.3) is 0 Å². The van der Waals surface area contributed by atoms with Gasteiger partial charge in [0.15, 0.2) is 0 Å². The summed E-state index contributed by atoms with van der Waals surface area (Å²) >= 11 is 6.40. The van der Waals surface area contributed by atoms with Crippen molar-refractivity contribution < 1.29 is 22.7 Å². The number of pyridine rings is 1. The minimum Gasteiger partial charge on any atom is -0.456 e. The number of carbonyl (C=O) groups is 1. The van der Waals surface area contributed by atoms with Gasteiger partial charge >= 0.3 is 6.18 Å². The van der Waals surface area contributed by atoms with Gasteiger partial charge in [0.05, 0.1) is 16.1 Å². The highest BCUT2D eigenvalue weighted by Crippen LogP contribution is 2.36. The van der Waals surface area contributed by atoms with Crippen molar-refractivity contribution in [3.05, 3.63) is 101 Å². The van der Waals surface area contributed by atoms with Gasteiger partial charge in [-0.15, -0.1) is 0 Å². The molecule has 0 radical (unpaired) electrons. The lowest BCUT2D eigenvalue weighted by Gasteiger charge is -2.14. The molecular formula is C29H24ClF3N6O2. The number of hydrogen-bond acceptors (Lipinski definition) is 7. The van der Waals surface area contributed by atoms with Gasteiger partial charge in [-0.05, 0) is 73.0 Å². The number of carbonyl (C=O) groups excluding carboxylic acids is 1. The molecule has 0 unspecified atom stereocenters. The second-order valence-corrected chi connectivity index (χ2v) is 9.50. The molecule has 8 nitrogen and oxygen atoms in total. The Kier molecular flexibility index (Phi) is 8.34. The Hall–Kier alpha value is -4.64. The average Bonchev–Trinajstić information content (AvgIpc) is 3.18. The number of hydrogen-bond donors (Lipinski definition) is 3. The third-order valence-corrected chi connectivity index (χ3v) is 6.51. The summed E-state index contributed by atoms with van der Waals surface area (Å²) in [6, 6.07) is 13.1. The zero-order valence-electron chi connectivity index (χ0n) is 21.5. The van der Waals surface area contributed by atoms with Crippen LogP contribution in [-0.4, -0.2) is 33.9 Å². The molecule has 3 heterocycles. The van der Waals surface area contributed by atoms with Crippen LogP contribution in [0.1, 0.15) is 23.1 Å². The van der Waals surface area contributed by atoms with Crippen molar-refractivity contribution in [2.45, 2.75) is 19.0 Å². The maximum atomic E-state index is 13.0. The van der Waals surface area contributed by atoms with E-state index in [0.717, 1.165) is 17.7 Å². The van der Waals surface area contributed by atoms with Crippen LogP contribution in [0.15, 0.2) is 78.9 Å². The van der Waals surface area contributed by atoms with Gasteiger partial charge in [0, 0.05) is 36.7 Å². The summed E-state index contributed by atoms with van der Waals surface area (Å²) in [7, 11) is 0. The Balaban J connectivity index is 1.30. The van der Waals surface area contributed by atoms with Gasteiger partial charge in [-0.3, -0.25) is 9.78 Å². The normalized spacial score (nSPS) is 12.8. The van der Waals surface area contributed by atoms with Crippen LogP contribution in [0.4, 0.5) is 30.5 Å². The largest absolute Gasteiger partial charge is 0.456 e. The molecule has 3 N–H and O–H groups in total. The highest BCUT2D eigenvalue weighted by Gasteiger charge is 2.30. The Morgan fingerprint density at radius 2 is 1.90 bits per heavy atom. The Morgan fingerprint density at radius 3 is 2.68 bits per heavy atom. The van der Waals surface area contributed by atoms with E-state index in [-0.39, 0.29) is 22.4 Å². The van der Waals surface area contributed by atoms with Gasteiger partial charge < -0.3 is 20.7 Å². The Labute approximate surface area is 238 Å². The molecule has 5 rings (SSSR count). The van der Waals surface area contributed by atoms with Crippen molar-refractivity contribution in [1.29, 1.82) is 0 Å². The van der Waals surface area contributed by atoms with Gasteiger partial charge in [0.1, 0.15) is 29.5 Å². The second kappa shape index (κ2) is 12.3. The lowest BCUT2D eigenvalue weighted by molar-refractivity contribution is -0.137. The molecule has 0 aliphatic carbocycles. The predicted molar refractivity (Wildman–Crippen MR) is 150 cm³/mol. The van der Waals surface area contributed by atoms with Crippen molar-refractivity contribution in [2.24, 2.45) is 0 Å². The Morgan fingerprint density at radius 1 is 1.07 bits per heavy atom. The minimum atomic E-state index is -4.49. The molecule has 210 valence electrons. The zero-order valence-corrected chi connectivity index (χ0v) is 22.3. The number of ether oxygens (including phenoxy) is 1. The summed E-state index contributed by atoms with van der Waals surface area (Å²) in [5.74, 6) is 1.02. The molecule has 0 saturated heterocycles. The van der Waals surface area contributed by atoms with Crippen molar-refractivity contribution in [3.8, 4) is 11.5 Å². The first-order valence-corrected chi connectivity index (χ1v) is 13.0. The van der Waals surface area contributed by atoms with Gasteiger partial charge in [0.2, 0.25) is 5.91 Å². The molecular weight excluding hydrogens is 557 g/mol. The van der Waals surface area contributed by atoms with Gasteiger partial charge in [-0.1, -0.05) is 17.7 Å². The van der Waals surface area contributed by atoms with E-state index in [1.165, 1.54) is 18.5 Å². The SMILES string of the molecule is O=C(NCCc1ccncc1)C1=Cc2c(ncnc2Nc2ccc(Oc3cccc(C(F)(F)F)c3)c(Cl)c2)NCC1. The van der Waals surface area contributed by atoms with Gasteiger partial charge in [-0.25, -0.2) is 9.97 Å². The summed E-state index contributed by atoms with van der Waals surface area (Å²) in [6.07, 6.45) is 3.26. The van der Waals surface area contributed by atoms with Crippen LogP contribution in [0.5, 0.6) is 11.5 Å². The van der Waals surface area contributed by atoms with E-state index < -0.39 is 11.7 Å². The maximum Gasteiger partial charge on any atom is 0.416 e. The number of alkyl halides is 3. The monoisotopic (exact) mass is 580 g/mol. The molecule has 4 aromatic rings. The number of aromatic nitrogens is 3. The first-order valence-electron chi connectivity index (χ1n) is 12.6. The fraction of sp³-hybridized carbons (Fsp3) is 0.172. The van der Waals surface area contributed by atoms with Gasteiger partial charge in [-0.2, -0.15) is 13.2 Å². The first-order chi connectivity index (χ1) is 19.8. The van der Waals surface area contributed by atoms with Crippen molar-refractivity contribution in [1.82, 2.24) is 20.3 Å². The third-order valence-electron chi connectivity index (χ3n) is 6.21. The number of halogens is 4. The van der Waals surface area contributed by atoms with Crippen molar-refractivity contribution in [3.63, 3.8) is 0 Å². The summed E-state index contributed by atoms with van der Waals surface area (Å²) in [4.78, 5) is 25.6. The Bertz CT molecular complexity index is 1580. The number of nitrogens with zero attached hydrogens (tertiary/aromatic N) is 3. The summed E-state index contributed by atoms with van der Waals surface area (Å²) in [5, 5.41) is 9.55. The fourth-order valence-electron chi connectivity index (χ4n) is 4.16. The molecule has 41 heavy (non-hydrogen) atoms. The number of nitrogens with one attached hydrogen (secondary N) is 3. The molecule has 1 aliphatic heterocycles. The molecule has 1 amide bonds. The predicted octanol–water partition coefficient (Wildman–Crippen LogP) is 6.64. The van der Waals surface area contributed by atoms with E-state index in [2.05, 4.69) is 30.9 Å². The van der Waals surface area contributed by atoms with E-state index in [9.17, 15) is 18.0 Å². The number of fused-ring (bicyclic) bond motifs is 1. The summed E-state index contributed by atoms with van der Waals surface area (Å²) in [5.41, 5.74) is 1.98. The molecule has 0 bridgehead atoms. The summed E-state index contributed by atoms with van der Waals surface area (Å²) < 4.78 is 44.7. The van der Waals surface area contributed by atoms with E-state index in [1.807, 2.05) is 12.1 Å². The highest BCUT2D eigenvalue weighted by atomic mass is 35.5. The number of benzene rings is 2. The molecule has 0 saturated carbocycles. The molecule has 1 aliphatic rings. The van der Waals surface area contributed by atoms with E-state index in [1.54, 1.807) is 36.7 Å². The lowest BCUT2D eigenvalue weighted by Crippen LogP contribution is -2.27. The minimum absolute atomic E-state index is 0.00588. The molecule has 0 spiro atoms. The van der Waals surface area contributed by atoms with E-state index >= 15 is 0 Å². The highest BCUT2D eigenvalue weighted by molar-refractivity contribution is 6.32. The molecule has 12 heteroatoms. The topological polar surface area (TPSA) is 101 Å². The maximum absolute atomic E-state index is 13.0. The van der Waals surface area contributed by atoms with Crippen LogP contribution in [0, 0.1) is 0 Å². The van der Waals surface area contributed by atoms with Crippen LogP contribution in [0.2, 0.25) is 5.02 Å². The van der Waals surface area contributed by atoms with Crippen LogP contribution in [0.25, 0.3) is 6.08 Å². The number of rotatable bonds is 8. The van der Waals surface area contributed by atoms with Crippen LogP contribution in [-0.2, 0) is 17.4 Å². The molecule has 0 atom stereocenters. The second-order valence-electron chi connectivity index (χ2n) is 9.09. The lowest BCUT2D eigenvalue weighted by atomic mass is 10.1. The van der Waals surface area contributed by atoms with E-state index in [4.69, 9.17) is 16.3 Å².